The van der Waals surface area contributed by atoms with Crippen molar-refractivity contribution < 1.29 is 96.8 Å². The molecule has 40 nitrogen and oxygen atoms in total. The number of amides is 16. The molecule has 702 valence electrons. The molecule has 0 radical (unpaired) electrons. The summed E-state index contributed by atoms with van der Waals surface area (Å²) in [6.07, 6.45) is 3.78. The fourth-order valence-electron chi connectivity index (χ4n) is 16.7. The van der Waals surface area contributed by atoms with Gasteiger partial charge in [0.05, 0.1) is 37.4 Å². The number of nitrogens with two attached hydrogens (primary N) is 1. The number of fused-ring (bicyclic) bond motifs is 12. The van der Waals surface area contributed by atoms with E-state index in [9.17, 15) is 58.5 Å². The van der Waals surface area contributed by atoms with Gasteiger partial charge in [-0.15, -0.1) is 11.8 Å². The summed E-state index contributed by atoms with van der Waals surface area (Å²) in [6.45, 7) is 3.95. The lowest BCUT2D eigenvalue weighted by atomic mass is 9.90. The van der Waals surface area contributed by atoms with E-state index in [-0.39, 0.29) is 102 Å². The van der Waals surface area contributed by atoms with Crippen molar-refractivity contribution in [2.45, 2.75) is 228 Å². The molecular weight excluding hydrogens is 1700 g/mol. The molecule has 4 aliphatic heterocycles. The number of para-hydroxylation sites is 2. The average molecular weight is 1820 g/mol. The number of hydrogen-bond donors (Lipinski definition) is 17. The van der Waals surface area contributed by atoms with Crippen LogP contribution in [0.5, 0.6) is 5.75 Å². The zero-order chi connectivity index (χ0) is 94.2. The first-order valence-corrected chi connectivity index (χ1v) is 45.2. The molecule has 4 aliphatic rings. The quantitative estimate of drug-likeness (QED) is 0.0475. The summed E-state index contributed by atoms with van der Waals surface area (Å²) >= 11 is 0.799. The summed E-state index contributed by atoms with van der Waals surface area (Å²) in [6, 6.07) is 0.567. The molecule has 7 heterocycles. The molecule has 2 bridgehead atoms. The van der Waals surface area contributed by atoms with E-state index < -0.39 is 229 Å². The highest BCUT2D eigenvalue weighted by Gasteiger charge is 2.47. The summed E-state index contributed by atoms with van der Waals surface area (Å²) < 4.78 is 0. The molecule has 0 unspecified atom stereocenters. The number of carbonyl (C=O) groups is 17. The maximum atomic E-state index is 15.6. The Balaban J connectivity index is 1.02. The number of benzene rings is 3. The van der Waals surface area contributed by atoms with Gasteiger partial charge in [0, 0.05) is 137 Å². The number of rotatable bonds is 18. The number of nitrogens with zero attached hydrogens (tertiary/aromatic N) is 6. The predicted octanol–water partition coefficient (Wildman–Crippen LogP) is -1.31. The van der Waals surface area contributed by atoms with Gasteiger partial charge in [-0.3, -0.25) is 81.5 Å². The molecule has 4 fully saturated rings. The highest BCUT2D eigenvalue weighted by Crippen LogP contribution is 2.30. The second kappa shape index (κ2) is 47.0. The van der Waals surface area contributed by atoms with E-state index in [4.69, 9.17) is 5.73 Å². The number of hydrogen-bond acceptors (Lipinski definition) is 22. The van der Waals surface area contributed by atoms with E-state index in [1.165, 1.54) is 81.6 Å². The number of primary amides is 1. The number of thioether (sulfide) groups is 1. The third-order valence-electron chi connectivity index (χ3n) is 24.3. The van der Waals surface area contributed by atoms with Crippen LogP contribution in [0.2, 0.25) is 0 Å². The fourth-order valence-corrected chi connectivity index (χ4v) is 17.6. The lowest BCUT2D eigenvalue weighted by Crippen LogP contribution is -2.60. The summed E-state index contributed by atoms with van der Waals surface area (Å²) in [4.78, 5) is 270. The number of unbranched alkanes of at least 4 members (excludes halogenated alkanes) is 2. The van der Waals surface area contributed by atoms with Gasteiger partial charge in [-0.25, -0.2) is 4.98 Å². The molecule has 16 amide bonds. The SMILES string of the molecule is CCCC[C@H]1C(=O)N(C)[C@@H](CCCC)C(=O)N[C@@H](C)C(=O)N[C@H](C(=O)NCC(N)=O)CSCC(=O)N[C@@H](Cc2ccc(O)cc2)C(=O)N(C)[C@@H](C)C(=O)N[C@H]2CCC(=O)NCCC[C@H](NC(=O)[C@H](Cc3cnc[nH]3)NC(=O)[C@@H]3CCCN3C2=O)C(=O)N2C[C@H](O)C[C@H]2C(=O)C[C@@H](Cc2c[nH]c3ccccc23)C(=O)N[C@@H](CO)C(=O)N[C@@H](Cc2c[nH]c3ccccc23)C(=O)N1C. The monoisotopic (exact) mass is 1820 g/mol. The molecule has 10 rings (SSSR count). The number of aromatic amines is 3. The highest BCUT2D eigenvalue weighted by molar-refractivity contribution is 8.00. The van der Waals surface area contributed by atoms with Crippen LogP contribution < -0.4 is 58.9 Å². The molecule has 0 aliphatic carbocycles. The van der Waals surface area contributed by atoms with Crippen molar-refractivity contribution in [3.63, 3.8) is 0 Å². The summed E-state index contributed by atoms with van der Waals surface area (Å²) in [7, 11) is 3.99. The maximum absolute atomic E-state index is 15.6. The van der Waals surface area contributed by atoms with Crippen LogP contribution in [0, 0.1) is 5.92 Å². The third kappa shape index (κ3) is 26.3. The average Bonchev–Trinajstić information content (AvgIpc) is 1.70. The molecule has 15 atom stereocenters. The van der Waals surface area contributed by atoms with Crippen molar-refractivity contribution in [2.24, 2.45) is 11.7 Å². The van der Waals surface area contributed by atoms with E-state index in [1.807, 2.05) is 13.8 Å². The number of ketones is 1. The third-order valence-corrected chi connectivity index (χ3v) is 25.3. The van der Waals surface area contributed by atoms with Gasteiger partial charge in [0.1, 0.15) is 78.3 Å². The number of aliphatic hydroxyl groups is 2. The highest BCUT2D eigenvalue weighted by atomic mass is 32.2. The number of phenolic OH excluding ortho intramolecular Hbond substituents is 1. The van der Waals surface area contributed by atoms with Crippen LogP contribution in [0.3, 0.4) is 0 Å². The molecule has 4 saturated heterocycles. The number of likely N-dealkylation sites (N-methyl/N-ethyl adjacent to an activating group) is 3. The van der Waals surface area contributed by atoms with Crippen LogP contribution in [0.1, 0.15) is 140 Å². The normalized spacial score (nSPS) is 26.1. The van der Waals surface area contributed by atoms with Crippen molar-refractivity contribution in [2.75, 3.05) is 65.4 Å². The van der Waals surface area contributed by atoms with Crippen molar-refractivity contribution in [1.29, 1.82) is 0 Å². The van der Waals surface area contributed by atoms with Gasteiger partial charge in [-0.1, -0.05) is 88.1 Å². The van der Waals surface area contributed by atoms with Crippen molar-refractivity contribution in [1.82, 2.24) is 97.6 Å². The Morgan fingerprint density at radius 1 is 0.569 bits per heavy atom. The molecular formula is C89H120N20O20S. The maximum Gasteiger partial charge on any atom is 0.245 e. The van der Waals surface area contributed by atoms with Crippen molar-refractivity contribution in [3.8, 4) is 5.75 Å². The topological polar surface area (TPSA) is 574 Å². The summed E-state index contributed by atoms with van der Waals surface area (Å²) in [5, 5.41) is 61.0. The lowest BCUT2D eigenvalue weighted by Gasteiger charge is -2.36. The minimum atomic E-state index is -1.84. The van der Waals surface area contributed by atoms with E-state index >= 15 is 38.4 Å². The number of aliphatic hydroxyl groups excluding tert-OH is 2. The van der Waals surface area contributed by atoms with Crippen molar-refractivity contribution >= 4 is 134 Å². The fraction of sp³-hybridized carbons (Fsp3) is 0.528. The zero-order valence-corrected chi connectivity index (χ0v) is 74.8. The number of nitrogens with one attached hydrogen (secondary N) is 13. The molecule has 3 aromatic heterocycles. The van der Waals surface area contributed by atoms with E-state index in [0.29, 0.717) is 69.9 Å². The number of aromatic hydroxyl groups is 1. The Morgan fingerprint density at radius 2 is 1.17 bits per heavy atom. The predicted molar refractivity (Wildman–Crippen MR) is 476 cm³/mol. The van der Waals surface area contributed by atoms with Crippen LogP contribution in [-0.4, -0.2) is 310 Å². The second-order valence-corrected chi connectivity index (χ2v) is 34.7. The Labute approximate surface area is 755 Å². The van der Waals surface area contributed by atoms with E-state index in [0.717, 1.165) is 26.5 Å². The van der Waals surface area contributed by atoms with Crippen molar-refractivity contribution in [3.05, 3.63) is 120 Å². The van der Waals surface area contributed by atoms with Gasteiger partial charge in [-0.2, -0.15) is 0 Å². The molecule has 3 aromatic carbocycles. The largest absolute Gasteiger partial charge is 0.508 e. The summed E-state index contributed by atoms with van der Waals surface area (Å²) in [5.41, 5.74) is 8.56. The minimum Gasteiger partial charge on any atom is -0.508 e. The first-order chi connectivity index (χ1) is 62.2. The minimum absolute atomic E-state index is 0.0273. The number of aromatic nitrogens is 4. The number of H-pyrrole nitrogens is 3. The Kier molecular flexibility index (Phi) is 35.9. The molecule has 6 aromatic rings. The standard InChI is InChI=1S/C89H120N20O20S/c1-8-10-23-69-83(123)97-49(3)77(117)104-68(80(120)95-43-74(90)114)46-130-47-76(116)98-65(34-51-26-28-56(111)29-27-51)85(125)105(5)50(4)78(118)99-63-30-31-75(115)92-32-16-22-62(100-81(121)64(38-55-42-91-48-96-55)101-84(124)70-25-17-33-108(70)87(63)127)88(128)109-44-57(112)39-72(109)73(113)37-52(35-53-40-93-60-20-14-12-18-58(53)60)79(119)103-67(45-110)82(122)102-66(36-54-41-94-61-21-15-13-19-59(54)61)86(126)107(7)71(24-11-9-2)89(129)106(69)6/h12-15,18-21,26-29,40-42,48-50,52,57,62-72,93-94,110-112H,8-11,16-17,22-25,30-39,43-47H2,1-7H3,(H2,90,114)(H,91,96)(H,92,115)(H,95,120)(H,97,123)(H,98,116)(H,99,118)(H,100,121)(H,101,124)(H,102,122)(H,103,119)(H,104,117)/t49-,50-,52+,57+,62-,63-,64-,65-,66-,67-,68-,69-,70-,71-,72-/m0/s1. The lowest BCUT2D eigenvalue weighted by molar-refractivity contribution is -0.149. The van der Waals surface area contributed by atoms with Gasteiger partial charge < -0.3 is 114 Å². The summed E-state index contributed by atoms with van der Waals surface area (Å²) in [5.74, 6) is -17.0. The van der Waals surface area contributed by atoms with Gasteiger partial charge in [0.15, 0.2) is 5.78 Å². The molecule has 41 heteroatoms. The van der Waals surface area contributed by atoms with Gasteiger partial charge >= 0.3 is 0 Å². The Hall–Kier alpha value is -12.8. The number of phenols is 1. The van der Waals surface area contributed by atoms with Gasteiger partial charge in [-0.05, 0) is 106 Å². The van der Waals surface area contributed by atoms with Crippen LogP contribution in [0.15, 0.2) is 97.7 Å². The molecule has 0 spiro atoms. The molecule has 18 N–H and O–H groups in total. The first-order valence-electron chi connectivity index (χ1n) is 44.1. The van der Waals surface area contributed by atoms with E-state index in [1.54, 1.807) is 60.9 Å². The van der Waals surface area contributed by atoms with E-state index in [2.05, 4.69) is 73.1 Å². The zero-order valence-electron chi connectivity index (χ0n) is 74.0. The molecule has 0 saturated carbocycles. The van der Waals surface area contributed by atoms with Crippen LogP contribution >= 0.6 is 11.8 Å². The second-order valence-electron chi connectivity index (χ2n) is 33.7. The first kappa shape index (κ1) is 99.4. The number of imidazole rings is 1. The smallest absolute Gasteiger partial charge is 0.245 e. The van der Waals surface area contributed by atoms with Crippen LogP contribution in [0.25, 0.3) is 21.8 Å². The Bertz CT molecular complexity index is 5070. The van der Waals surface area contributed by atoms with Crippen LogP contribution in [0.4, 0.5) is 0 Å². The van der Waals surface area contributed by atoms with Gasteiger partial charge in [0.2, 0.25) is 94.5 Å². The van der Waals surface area contributed by atoms with Crippen LogP contribution in [-0.2, 0) is 107 Å². The molecule has 130 heavy (non-hydrogen) atoms. The number of carbonyl (C=O) groups excluding carboxylic acids is 17. The Morgan fingerprint density at radius 3 is 1.82 bits per heavy atom. The number of Topliss-reactive ketones (excluding diaryl/α,β-unsaturated/α-hetero) is 1. The van der Waals surface area contributed by atoms with Gasteiger partial charge in [0.25, 0.3) is 0 Å².